The first-order chi connectivity index (χ1) is 4.88. The molecule has 0 aliphatic carbocycles. The molecular formula is C7H12N2O. The van der Waals surface area contributed by atoms with Gasteiger partial charge >= 0.3 is 0 Å². The predicted molar refractivity (Wildman–Crippen MR) is 38.9 cm³/mol. The van der Waals surface area contributed by atoms with Gasteiger partial charge in [-0.05, 0) is 6.42 Å². The van der Waals surface area contributed by atoms with Crippen LogP contribution in [0.25, 0.3) is 0 Å². The fourth-order valence-corrected chi connectivity index (χ4v) is 1.77. The van der Waals surface area contributed by atoms with Gasteiger partial charge in [-0.2, -0.15) is 0 Å². The monoisotopic (exact) mass is 140 g/mol. The molecule has 10 heavy (non-hydrogen) atoms. The second-order valence-electron chi connectivity index (χ2n) is 2.96. The first kappa shape index (κ1) is 6.01. The number of fused-ring (bicyclic) bond motifs is 1. The van der Waals surface area contributed by atoms with Crippen molar-refractivity contribution < 1.29 is 4.74 Å². The third-order valence-electron chi connectivity index (χ3n) is 2.27. The minimum Gasteiger partial charge on any atom is -0.715 e. The van der Waals surface area contributed by atoms with E-state index in [4.69, 9.17) is 0 Å². The summed E-state index contributed by atoms with van der Waals surface area (Å²) in [6.07, 6.45) is 3.21. The predicted octanol–water partition coefficient (Wildman–Crippen LogP) is 0.395. The molecule has 2 heterocycles. The van der Waals surface area contributed by atoms with Gasteiger partial charge in [0.1, 0.15) is 0 Å². The van der Waals surface area contributed by atoms with Crippen molar-refractivity contribution in [1.82, 2.24) is 4.90 Å². The molecule has 56 valence electrons. The summed E-state index contributed by atoms with van der Waals surface area (Å²) < 4.78 is 1.16. The largest absolute Gasteiger partial charge is 0.715 e. The molecule has 0 atom stereocenters. The lowest BCUT2D eigenvalue weighted by molar-refractivity contribution is -0.470. The summed E-state index contributed by atoms with van der Waals surface area (Å²) in [5.74, 6) is 1.03. The smallest absolute Gasteiger partial charge is 0.249 e. The van der Waals surface area contributed by atoms with Crippen molar-refractivity contribution in [2.24, 2.45) is 0 Å². The first-order valence-electron chi connectivity index (χ1n) is 3.93. The second kappa shape index (κ2) is 2.15. The molecule has 0 N–H and O–H groups in total. The fourth-order valence-electron chi connectivity index (χ4n) is 1.77. The van der Waals surface area contributed by atoms with Crippen LogP contribution in [0.1, 0.15) is 19.3 Å². The van der Waals surface area contributed by atoms with Gasteiger partial charge < -0.3 is 5.21 Å². The molecule has 0 bridgehead atoms. The number of nitrogens with zero attached hydrogens (tertiary/aromatic N) is 2. The van der Waals surface area contributed by atoms with E-state index in [1.165, 1.54) is 6.42 Å². The van der Waals surface area contributed by atoms with Crippen molar-refractivity contribution in [1.29, 1.82) is 0 Å². The van der Waals surface area contributed by atoms with Crippen molar-refractivity contribution in [3.63, 3.8) is 0 Å². The Kier molecular flexibility index (Phi) is 1.29. The topological polar surface area (TPSA) is 29.3 Å². The molecule has 0 radical (unpaired) electrons. The highest BCUT2D eigenvalue weighted by Gasteiger charge is 2.29. The molecule has 1 fully saturated rings. The summed E-state index contributed by atoms with van der Waals surface area (Å²) in [5.41, 5.74) is 0. The summed E-state index contributed by atoms with van der Waals surface area (Å²) >= 11 is 0. The van der Waals surface area contributed by atoms with E-state index in [9.17, 15) is 5.21 Å². The first-order valence-corrected chi connectivity index (χ1v) is 3.93. The molecule has 0 aromatic carbocycles. The highest BCUT2D eigenvalue weighted by molar-refractivity contribution is 5.79. The molecule has 1 saturated heterocycles. The van der Waals surface area contributed by atoms with Crippen molar-refractivity contribution >= 4 is 5.84 Å². The Hall–Kier alpha value is -0.730. The molecule has 3 nitrogen and oxygen atoms in total. The van der Waals surface area contributed by atoms with Gasteiger partial charge in [-0.25, -0.2) is 0 Å². The lowest BCUT2D eigenvalue weighted by Crippen LogP contribution is -2.37. The third-order valence-corrected chi connectivity index (χ3v) is 2.27. The van der Waals surface area contributed by atoms with Gasteiger partial charge in [-0.15, -0.1) is 0 Å². The molecule has 0 saturated carbocycles. The summed E-state index contributed by atoms with van der Waals surface area (Å²) in [6, 6.07) is 0. The number of hydrogen-bond donors (Lipinski definition) is 0. The summed E-state index contributed by atoms with van der Waals surface area (Å²) in [4.78, 5) is 2.22. The molecule has 2 aliphatic heterocycles. The zero-order valence-corrected chi connectivity index (χ0v) is 6.05. The van der Waals surface area contributed by atoms with E-state index >= 15 is 0 Å². The maximum atomic E-state index is 11.1. The fraction of sp³-hybridized carbons (Fsp3) is 0.857. The van der Waals surface area contributed by atoms with Crippen LogP contribution in [-0.4, -0.2) is 35.1 Å². The second-order valence-corrected chi connectivity index (χ2v) is 2.96. The van der Waals surface area contributed by atoms with Gasteiger partial charge in [0.2, 0.25) is 5.84 Å². The quantitative estimate of drug-likeness (QED) is 0.360. The maximum absolute atomic E-state index is 11.1. The van der Waals surface area contributed by atoms with E-state index in [2.05, 4.69) is 4.90 Å². The van der Waals surface area contributed by atoms with Gasteiger partial charge in [0.05, 0.1) is 26.1 Å². The zero-order valence-electron chi connectivity index (χ0n) is 6.05. The molecule has 2 rings (SSSR count). The minimum atomic E-state index is 0.714. The molecule has 0 aromatic rings. The molecule has 2 aliphatic rings. The van der Waals surface area contributed by atoms with Gasteiger partial charge in [-0.3, -0.25) is 9.64 Å². The van der Waals surface area contributed by atoms with Crippen molar-refractivity contribution in [2.75, 3.05) is 19.6 Å². The summed E-state index contributed by atoms with van der Waals surface area (Å²) in [6.45, 7) is 2.92. The van der Waals surface area contributed by atoms with Gasteiger partial charge in [0.15, 0.2) is 0 Å². The molecule has 3 heteroatoms. The van der Waals surface area contributed by atoms with Crippen LogP contribution < -0.4 is 0 Å². The molecular weight excluding hydrogens is 128 g/mol. The zero-order chi connectivity index (χ0) is 6.97. The Labute approximate surface area is 60.5 Å². The van der Waals surface area contributed by atoms with Crippen LogP contribution in [-0.2, 0) is 0 Å². The van der Waals surface area contributed by atoms with E-state index in [-0.39, 0.29) is 0 Å². The van der Waals surface area contributed by atoms with E-state index in [1.807, 2.05) is 0 Å². The number of hydroxylamine groups is 1. The molecule has 0 spiro atoms. The average molecular weight is 140 g/mol. The van der Waals surface area contributed by atoms with Gasteiger partial charge in [0.25, 0.3) is 0 Å². The van der Waals surface area contributed by atoms with Crippen LogP contribution >= 0.6 is 0 Å². The van der Waals surface area contributed by atoms with Crippen LogP contribution in [0.3, 0.4) is 0 Å². The Balaban J connectivity index is 2.25. The Morgan fingerprint density at radius 1 is 1.30 bits per heavy atom. The SMILES string of the molecule is [O-][N+]1=C2CCCN2CCC1. The van der Waals surface area contributed by atoms with E-state index in [0.29, 0.717) is 6.54 Å². The standard InChI is InChI=1S/C7H12N2O/c10-9-6-2-5-8-4-1-3-7(8)9/h1-6H2. The summed E-state index contributed by atoms with van der Waals surface area (Å²) in [5, 5.41) is 11.1. The van der Waals surface area contributed by atoms with Gasteiger partial charge in [0, 0.05) is 6.42 Å². The van der Waals surface area contributed by atoms with E-state index in [1.54, 1.807) is 0 Å². The van der Waals surface area contributed by atoms with Crippen LogP contribution in [0.5, 0.6) is 0 Å². The Morgan fingerprint density at radius 2 is 2.10 bits per heavy atom. The number of hydrogen-bond acceptors (Lipinski definition) is 2. The van der Waals surface area contributed by atoms with Crippen LogP contribution in [0.2, 0.25) is 0 Å². The summed E-state index contributed by atoms with van der Waals surface area (Å²) in [7, 11) is 0. The van der Waals surface area contributed by atoms with E-state index in [0.717, 1.165) is 36.5 Å². The normalized spacial score (nSPS) is 25.4. The van der Waals surface area contributed by atoms with E-state index < -0.39 is 0 Å². The van der Waals surface area contributed by atoms with Crippen molar-refractivity contribution in [2.45, 2.75) is 19.3 Å². The molecule has 0 aromatic heterocycles. The lowest BCUT2D eigenvalue weighted by Gasteiger charge is -2.23. The van der Waals surface area contributed by atoms with Crippen LogP contribution in [0.15, 0.2) is 0 Å². The van der Waals surface area contributed by atoms with Crippen molar-refractivity contribution in [3.05, 3.63) is 5.21 Å². The molecule has 0 unspecified atom stereocenters. The minimum absolute atomic E-state index is 0.714. The lowest BCUT2D eigenvalue weighted by atomic mass is 10.3. The highest BCUT2D eigenvalue weighted by atomic mass is 16.5. The van der Waals surface area contributed by atoms with Gasteiger partial charge in [-0.1, -0.05) is 0 Å². The average Bonchev–Trinajstić information content (AvgIpc) is 2.36. The van der Waals surface area contributed by atoms with Crippen molar-refractivity contribution in [3.8, 4) is 0 Å². The van der Waals surface area contributed by atoms with Crippen LogP contribution in [0.4, 0.5) is 0 Å². The number of amidine groups is 1. The third kappa shape index (κ3) is 0.770. The Bertz CT molecular complexity index is 176. The highest BCUT2D eigenvalue weighted by Crippen LogP contribution is 2.14. The number of rotatable bonds is 0. The Morgan fingerprint density at radius 3 is 2.90 bits per heavy atom. The van der Waals surface area contributed by atoms with Crippen LogP contribution in [0, 0.1) is 5.21 Å². The molecule has 0 amide bonds. The maximum Gasteiger partial charge on any atom is 0.249 e.